The van der Waals surface area contributed by atoms with E-state index in [0.717, 1.165) is 36.1 Å². The number of aromatic nitrogens is 4. The summed E-state index contributed by atoms with van der Waals surface area (Å²) in [5.41, 5.74) is 6.22. The fourth-order valence-corrected chi connectivity index (χ4v) is 5.59. The lowest BCUT2D eigenvalue weighted by Gasteiger charge is -2.34. The zero-order valence-electron chi connectivity index (χ0n) is 23.5. The molecule has 0 saturated carbocycles. The summed E-state index contributed by atoms with van der Waals surface area (Å²) in [5, 5.41) is 16.1. The summed E-state index contributed by atoms with van der Waals surface area (Å²) < 4.78 is 1.74. The van der Waals surface area contributed by atoms with Crippen LogP contribution in [0.3, 0.4) is 0 Å². The van der Waals surface area contributed by atoms with Crippen molar-refractivity contribution < 1.29 is 9.59 Å². The first kappa shape index (κ1) is 27.3. The largest absolute Gasteiger partial charge is 0.337 e. The maximum Gasteiger partial charge on any atom is 0.253 e. The third-order valence-electron chi connectivity index (χ3n) is 7.89. The maximum absolute atomic E-state index is 13.0. The number of nitrogens with zero attached hydrogens (tertiary/aromatic N) is 6. The van der Waals surface area contributed by atoms with E-state index in [0.29, 0.717) is 68.3 Å². The Morgan fingerprint density at radius 1 is 0.857 bits per heavy atom. The van der Waals surface area contributed by atoms with Crippen LogP contribution in [0.15, 0.2) is 73.1 Å². The standard InChI is InChI=1S/C32H34N8O2/c33-28-22-25-10-9-23-6-1-2-7-27(23)30(25)37-40(28)17-4-3-8-29(41)36-26-13-11-24(12-14-26)31(42)38-18-20-39(21-19-38)32-34-15-5-16-35-32/h1-2,5-7,11-16,22,33H,3-4,8-10,17-21H2,(H,36,41). The van der Waals surface area contributed by atoms with Crippen molar-refractivity contribution in [1.29, 1.82) is 5.41 Å². The minimum Gasteiger partial charge on any atom is -0.337 e. The van der Waals surface area contributed by atoms with Crippen LogP contribution < -0.4 is 15.7 Å². The van der Waals surface area contributed by atoms with Crippen LogP contribution in [0.2, 0.25) is 0 Å². The number of piperazine rings is 1. The van der Waals surface area contributed by atoms with E-state index < -0.39 is 0 Å². The lowest BCUT2D eigenvalue weighted by molar-refractivity contribution is -0.116. The van der Waals surface area contributed by atoms with Crippen molar-refractivity contribution in [3.63, 3.8) is 0 Å². The number of unbranched alkanes of at least 4 members (excludes halogenated alkanes) is 1. The van der Waals surface area contributed by atoms with E-state index in [2.05, 4.69) is 38.4 Å². The Kier molecular flexibility index (Phi) is 8.02. The molecule has 0 radical (unpaired) electrons. The lowest BCUT2D eigenvalue weighted by atomic mass is 9.89. The Bertz CT molecular complexity index is 1630. The topological polar surface area (TPSA) is 120 Å². The molecule has 0 atom stereocenters. The highest BCUT2D eigenvalue weighted by atomic mass is 16.2. The molecule has 2 amide bonds. The molecule has 1 saturated heterocycles. The third-order valence-corrected chi connectivity index (χ3v) is 7.89. The van der Waals surface area contributed by atoms with Gasteiger partial charge >= 0.3 is 0 Å². The van der Waals surface area contributed by atoms with E-state index in [4.69, 9.17) is 10.5 Å². The fourth-order valence-electron chi connectivity index (χ4n) is 5.59. The molecule has 6 rings (SSSR count). The van der Waals surface area contributed by atoms with Crippen LogP contribution in [-0.4, -0.2) is 62.6 Å². The van der Waals surface area contributed by atoms with E-state index in [9.17, 15) is 9.59 Å². The van der Waals surface area contributed by atoms with Crippen LogP contribution in [0.25, 0.3) is 11.3 Å². The minimum atomic E-state index is -0.0725. The van der Waals surface area contributed by atoms with Gasteiger partial charge < -0.3 is 15.1 Å². The molecular formula is C32H34N8O2. The van der Waals surface area contributed by atoms with E-state index in [-0.39, 0.29) is 11.8 Å². The Hall–Kier alpha value is -4.86. The molecule has 2 aromatic carbocycles. The summed E-state index contributed by atoms with van der Waals surface area (Å²) in [4.78, 5) is 38.1. The predicted molar refractivity (Wildman–Crippen MR) is 160 cm³/mol. The highest BCUT2D eigenvalue weighted by molar-refractivity contribution is 5.96. The van der Waals surface area contributed by atoms with Crippen molar-refractivity contribution in [2.45, 2.75) is 38.6 Å². The number of carbonyl (C=O) groups excluding carboxylic acids is 2. The highest BCUT2D eigenvalue weighted by Gasteiger charge is 2.23. The monoisotopic (exact) mass is 562 g/mol. The molecule has 1 fully saturated rings. The van der Waals surface area contributed by atoms with Gasteiger partial charge in [0.15, 0.2) is 0 Å². The quantitative estimate of drug-likeness (QED) is 0.316. The van der Waals surface area contributed by atoms with Crippen molar-refractivity contribution in [3.8, 4) is 11.3 Å². The van der Waals surface area contributed by atoms with E-state index in [1.54, 1.807) is 47.4 Å². The number of anilines is 2. The number of amides is 2. The molecule has 214 valence electrons. The molecule has 3 heterocycles. The highest BCUT2D eigenvalue weighted by Crippen LogP contribution is 2.30. The van der Waals surface area contributed by atoms with Gasteiger partial charge in [0.25, 0.3) is 5.91 Å². The van der Waals surface area contributed by atoms with Gasteiger partial charge in [0.1, 0.15) is 5.49 Å². The van der Waals surface area contributed by atoms with Gasteiger partial charge in [-0.1, -0.05) is 24.3 Å². The second-order valence-electron chi connectivity index (χ2n) is 10.7. The van der Waals surface area contributed by atoms with Gasteiger partial charge in [-0.2, -0.15) is 5.10 Å². The van der Waals surface area contributed by atoms with Crippen molar-refractivity contribution in [2.75, 3.05) is 36.4 Å². The normalized spacial score (nSPS) is 14.2. The van der Waals surface area contributed by atoms with Gasteiger partial charge in [-0.15, -0.1) is 0 Å². The number of rotatable bonds is 8. The lowest BCUT2D eigenvalue weighted by Crippen LogP contribution is -2.49. The summed E-state index contributed by atoms with van der Waals surface area (Å²) in [5.74, 6) is 0.592. The molecular weight excluding hydrogens is 528 g/mol. The summed E-state index contributed by atoms with van der Waals surface area (Å²) >= 11 is 0. The molecule has 42 heavy (non-hydrogen) atoms. The zero-order chi connectivity index (χ0) is 28.9. The number of nitrogens with one attached hydrogen (secondary N) is 2. The molecule has 0 spiro atoms. The van der Waals surface area contributed by atoms with Crippen molar-refractivity contribution in [3.05, 3.63) is 95.2 Å². The summed E-state index contributed by atoms with van der Waals surface area (Å²) in [7, 11) is 0. The molecule has 1 aliphatic heterocycles. The summed E-state index contributed by atoms with van der Waals surface area (Å²) in [6.07, 6.45) is 7.13. The Labute approximate surface area is 244 Å². The molecule has 2 N–H and O–H groups in total. The molecule has 0 unspecified atom stereocenters. The van der Waals surface area contributed by atoms with Gasteiger partial charge in [-0.25, -0.2) is 14.6 Å². The molecule has 2 aromatic heterocycles. The second kappa shape index (κ2) is 12.3. The number of benzene rings is 2. The number of hydrogen-bond acceptors (Lipinski definition) is 7. The first-order valence-corrected chi connectivity index (χ1v) is 14.5. The van der Waals surface area contributed by atoms with Crippen molar-refractivity contribution in [1.82, 2.24) is 24.6 Å². The minimum absolute atomic E-state index is 0.0213. The number of hydrogen-bond donors (Lipinski definition) is 2. The zero-order valence-corrected chi connectivity index (χ0v) is 23.5. The maximum atomic E-state index is 13.0. The smallest absolute Gasteiger partial charge is 0.253 e. The first-order valence-electron chi connectivity index (χ1n) is 14.5. The van der Waals surface area contributed by atoms with Crippen molar-refractivity contribution >= 4 is 23.5 Å². The fraction of sp³-hybridized carbons (Fsp3) is 0.312. The van der Waals surface area contributed by atoms with Crippen LogP contribution >= 0.6 is 0 Å². The van der Waals surface area contributed by atoms with E-state index in [1.165, 1.54) is 5.56 Å². The van der Waals surface area contributed by atoms with Gasteiger partial charge in [0, 0.05) is 68.4 Å². The Morgan fingerprint density at radius 3 is 2.38 bits per heavy atom. The first-order chi connectivity index (χ1) is 20.5. The van der Waals surface area contributed by atoms with Crippen LogP contribution in [0.5, 0.6) is 0 Å². The van der Waals surface area contributed by atoms with Gasteiger partial charge in [-0.3, -0.25) is 15.0 Å². The molecule has 0 bridgehead atoms. The molecule has 1 aliphatic carbocycles. The van der Waals surface area contributed by atoms with Gasteiger partial charge in [-0.05, 0) is 73.2 Å². The average molecular weight is 563 g/mol. The summed E-state index contributed by atoms with van der Waals surface area (Å²) in [6.45, 7) is 3.16. The summed E-state index contributed by atoms with van der Waals surface area (Å²) in [6, 6.07) is 19.1. The van der Waals surface area contributed by atoms with Crippen LogP contribution in [0.1, 0.15) is 40.7 Å². The number of carbonyl (C=O) groups is 2. The van der Waals surface area contributed by atoms with Crippen LogP contribution in [-0.2, 0) is 24.2 Å². The number of fused-ring (bicyclic) bond motifs is 3. The van der Waals surface area contributed by atoms with Gasteiger partial charge in [0.2, 0.25) is 11.9 Å². The van der Waals surface area contributed by atoms with Crippen molar-refractivity contribution in [2.24, 2.45) is 0 Å². The van der Waals surface area contributed by atoms with Gasteiger partial charge in [0.05, 0.1) is 5.69 Å². The molecule has 10 nitrogen and oxygen atoms in total. The average Bonchev–Trinajstić information content (AvgIpc) is 3.04. The number of aryl methyl sites for hydroxylation is 3. The molecule has 2 aliphatic rings. The van der Waals surface area contributed by atoms with E-state index >= 15 is 0 Å². The second-order valence-corrected chi connectivity index (χ2v) is 10.7. The predicted octanol–water partition coefficient (Wildman–Crippen LogP) is 3.69. The molecule has 10 heteroatoms. The van der Waals surface area contributed by atoms with Crippen LogP contribution in [0, 0.1) is 5.41 Å². The Balaban J connectivity index is 0.960. The third kappa shape index (κ3) is 6.07. The Morgan fingerprint density at radius 2 is 1.60 bits per heavy atom. The molecule has 4 aromatic rings. The van der Waals surface area contributed by atoms with Crippen LogP contribution in [0.4, 0.5) is 11.6 Å². The van der Waals surface area contributed by atoms with E-state index in [1.807, 2.05) is 17.0 Å². The SMILES string of the molecule is N=c1cc2c(nn1CCCCC(=O)Nc1ccc(C(=O)N3CCN(c4ncccn4)CC3)cc1)-c1ccccc1CC2.